The number of esters is 1. The molecule has 0 radical (unpaired) electrons. The van der Waals surface area contributed by atoms with Crippen molar-refractivity contribution in [3.63, 3.8) is 0 Å². The molecule has 26 heavy (non-hydrogen) atoms. The van der Waals surface area contributed by atoms with Crippen LogP contribution in [0.15, 0.2) is 42.5 Å². The Morgan fingerprint density at radius 3 is 2.38 bits per heavy atom. The summed E-state index contributed by atoms with van der Waals surface area (Å²) in [5.41, 5.74) is -0.330. The molecule has 2 aromatic rings. The van der Waals surface area contributed by atoms with Gasteiger partial charge in [0.15, 0.2) is 18.1 Å². The van der Waals surface area contributed by atoms with Crippen LogP contribution in [0.3, 0.4) is 0 Å². The molecule has 0 aliphatic heterocycles. The smallest absolute Gasteiger partial charge is 0.308 e. The number of hydrogen-bond acceptors (Lipinski definition) is 7. The van der Waals surface area contributed by atoms with Gasteiger partial charge in [-0.05, 0) is 30.3 Å². The van der Waals surface area contributed by atoms with E-state index in [2.05, 4.69) is 5.32 Å². The molecular weight excluding hydrogens is 342 g/mol. The number of carboxylic acid groups (broad SMARTS) is 1. The Morgan fingerprint density at radius 1 is 1.08 bits per heavy atom. The molecule has 8 heteroatoms. The van der Waals surface area contributed by atoms with E-state index in [0.29, 0.717) is 11.5 Å². The molecule has 2 aromatic carbocycles. The van der Waals surface area contributed by atoms with Gasteiger partial charge in [0.1, 0.15) is 5.75 Å². The molecule has 0 aliphatic rings. The summed E-state index contributed by atoms with van der Waals surface area (Å²) in [5.74, 6) is -1.85. The highest BCUT2D eigenvalue weighted by atomic mass is 16.5. The summed E-state index contributed by atoms with van der Waals surface area (Å²) in [6.07, 6.45) is 0. The Bertz CT molecular complexity index is 832. The number of amides is 1. The maximum Gasteiger partial charge on any atom is 0.308 e. The lowest BCUT2D eigenvalue weighted by Crippen LogP contribution is -2.26. The average molecular weight is 358 g/mol. The zero-order valence-corrected chi connectivity index (χ0v) is 14.1. The van der Waals surface area contributed by atoms with Gasteiger partial charge >= 0.3 is 5.97 Å². The highest BCUT2D eigenvalue weighted by Crippen LogP contribution is 2.26. The average Bonchev–Trinajstić information content (AvgIpc) is 2.60. The number of benzene rings is 2. The molecule has 0 aromatic heterocycles. The van der Waals surface area contributed by atoms with Crippen molar-refractivity contribution in [1.82, 2.24) is 0 Å². The van der Waals surface area contributed by atoms with Gasteiger partial charge in [0.05, 0.1) is 18.8 Å². The van der Waals surface area contributed by atoms with E-state index >= 15 is 0 Å². The molecule has 0 atom stereocenters. The summed E-state index contributed by atoms with van der Waals surface area (Å²) in [6, 6.07) is 10.5. The molecule has 8 nitrogen and oxygen atoms in total. The number of methoxy groups -OCH3 is 1. The number of hydrogen-bond donors (Lipinski definition) is 1. The van der Waals surface area contributed by atoms with Gasteiger partial charge in [-0.2, -0.15) is 0 Å². The van der Waals surface area contributed by atoms with Crippen LogP contribution in [0.4, 0.5) is 5.69 Å². The molecule has 1 amide bonds. The Kier molecular flexibility index (Phi) is 6.15. The van der Waals surface area contributed by atoms with Crippen LogP contribution in [0.2, 0.25) is 0 Å². The third kappa shape index (κ3) is 4.97. The number of rotatable bonds is 7. The Labute approximate surface area is 149 Å². The van der Waals surface area contributed by atoms with E-state index in [1.54, 1.807) is 24.3 Å². The van der Waals surface area contributed by atoms with Crippen LogP contribution in [0.25, 0.3) is 0 Å². The van der Waals surface area contributed by atoms with Crippen molar-refractivity contribution in [3.8, 4) is 17.2 Å². The van der Waals surface area contributed by atoms with E-state index < -0.39 is 17.8 Å². The molecule has 0 bridgehead atoms. The van der Waals surface area contributed by atoms with Crippen LogP contribution in [0.1, 0.15) is 17.3 Å². The molecular formula is C18H16NO7-. The van der Waals surface area contributed by atoms with Crippen LogP contribution < -0.4 is 24.6 Å². The number of carbonyl (C=O) groups is 3. The zero-order valence-electron chi connectivity index (χ0n) is 14.1. The Balaban J connectivity index is 2.08. The van der Waals surface area contributed by atoms with E-state index in [-0.39, 0.29) is 23.6 Å². The first-order valence-corrected chi connectivity index (χ1v) is 7.50. The van der Waals surface area contributed by atoms with Gasteiger partial charge in [-0.15, -0.1) is 0 Å². The Hall–Kier alpha value is -3.55. The fraction of sp³-hybridized carbons (Fsp3) is 0.167. The molecule has 0 heterocycles. The maximum atomic E-state index is 12.0. The van der Waals surface area contributed by atoms with E-state index in [1.165, 1.54) is 26.2 Å². The summed E-state index contributed by atoms with van der Waals surface area (Å²) in [6.45, 7) is 0.822. The van der Waals surface area contributed by atoms with Gasteiger partial charge in [0, 0.05) is 12.5 Å². The van der Waals surface area contributed by atoms with Gasteiger partial charge in [0.25, 0.3) is 5.91 Å². The fourth-order valence-electron chi connectivity index (χ4n) is 2.10. The number of anilines is 1. The van der Waals surface area contributed by atoms with Crippen molar-refractivity contribution in [2.75, 3.05) is 19.0 Å². The molecule has 0 unspecified atom stereocenters. The molecule has 136 valence electrons. The lowest BCUT2D eigenvalue weighted by atomic mass is 10.1. The quantitative estimate of drug-likeness (QED) is 0.580. The number of ether oxygens (including phenoxy) is 3. The van der Waals surface area contributed by atoms with Crippen LogP contribution in [-0.2, 0) is 9.59 Å². The van der Waals surface area contributed by atoms with Gasteiger partial charge < -0.3 is 29.4 Å². The third-order valence-electron chi connectivity index (χ3n) is 3.17. The SMILES string of the molecule is COc1ccccc1OCC(=O)Nc1ccc(OC(C)=O)cc1C(=O)[O-]. The second-order valence-electron chi connectivity index (χ2n) is 5.08. The predicted octanol–water partition coefficient (Wildman–Crippen LogP) is 1.00. The topological polar surface area (TPSA) is 114 Å². The minimum absolute atomic E-state index is 0.00507. The molecule has 0 aliphatic carbocycles. The number of nitrogens with one attached hydrogen (secondary N) is 1. The Morgan fingerprint density at radius 2 is 1.77 bits per heavy atom. The summed E-state index contributed by atoms with van der Waals surface area (Å²) >= 11 is 0. The normalized spacial score (nSPS) is 9.92. The molecule has 0 saturated carbocycles. The maximum absolute atomic E-state index is 12.0. The number of aromatic carboxylic acids is 1. The van der Waals surface area contributed by atoms with Crippen molar-refractivity contribution >= 4 is 23.5 Å². The molecule has 2 rings (SSSR count). The van der Waals surface area contributed by atoms with Gasteiger partial charge in [-0.3, -0.25) is 9.59 Å². The van der Waals surface area contributed by atoms with E-state index in [9.17, 15) is 19.5 Å². The summed E-state index contributed by atoms with van der Waals surface area (Å²) in [5, 5.41) is 13.7. The zero-order chi connectivity index (χ0) is 19.1. The second-order valence-corrected chi connectivity index (χ2v) is 5.08. The summed E-state index contributed by atoms with van der Waals surface area (Å²) < 4.78 is 15.3. The molecule has 1 N–H and O–H groups in total. The number of carbonyl (C=O) groups excluding carboxylic acids is 3. The molecule has 0 spiro atoms. The summed E-state index contributed by atoms with van der Waals surface area (Å²) in [4.78, 5) is 34.2. The van der Waals surface area contributed by atoms with Gasteiger partial charge in [-0.1, -0.05) is 12.1 Å². The van der Waals surface area contributed by atoms with E-state index in [4.69, 9.17) is 14.2 Å². The predicted molar refractivity (Wildman–Crippen MR) is 89.2 cm³/mol. The van der Waals surface area contributed by atoms with Crippen molar-refractivity contribution in [2.45, 2.75) is 6.92 Å². The monoisotopic (exact) mass is 358 g/mol. The van der Waals surface area contributed by atoms with Crippen LogP contribution in [0, 0.1) is 0 Å². The highest BCUT2D eigenvalue weighted by Gasteiger charge is 2.12. The lowest BCUT2D eigenvalue weighted by Gasteiger charge is -2.14. The highest BCUT2D eigenvalue weighted by molar-refractivity contribution is 6.00. The third-order valence-corrected chi connectivity index (χ3v) is 3.17. The fourth-order valence-corrected chi connectivity index (χ4v) is 2.10. The van der Waals surface area contributed by atoms with Crippen molar-refractivity contribution in [3.05, 3.63) is 48.0 Å². The number of carboxylic acids is 1. The van der Waals surface area contributed by atoms with Crippen molar-refractivity contribution in [1.29, 1.82) is 0 Å². The van der Waals surface area contributed by atoms with Gasteiger partial charge in [-0.25, -0.2) is 0 Å². The first-order valence-electron chi connectivity index (χ1n) is 7.50. The number of para-hydroxylation sites is 2. The van der Waals surface area contributed by atoms with Gasteiger partial charge in [0.2, 0.25) is 0 Å². The van der Waals surface area contributed by atoms with Crippen LogP contribution in [0.5, 0.6) is 17.2 Å². The minimum Gasteiger partial charge on any atom is -0.545 e. The molecule has 0 saturated heterocycles. The summed E-state index contributed by atoms with van der Waals surface area (Å²) in [7, 11) is 1.47. The van der Waals surface area contributed by atoms with Crippen molar-refractivity contribution < 1.29 is 33.7 Å². The first kappa shape index (κ1) is 18.8. The van der Waals surface area contributed by atoms with E-state index in [1.807, 2.05) is 0 Å². The standard InChI is InChI=1S/C18H17NO7/c1-11(20)26-12-7-8-14(13(9-12)18(22)23)19-17(21)10-25-16-6-4-3-5-15(16)24-2/h3-9H,10H2,1-2H3,(H,19,21)(H,22,23)/p-1. The first-order chi connectivity index (χ1) is 12.4. The van der Waals surface area contributed by atoms with Crippen LogP contribution >= 0.6 is 0 Å². The van der Waals surface area contributed by atoms with Crippen molar-refractivity contribution in [2.24, 2.45) is 0 Å². The minimum atomic E-state index is -1.53. The van der Waals surface area contributed by atoms with Crippen LogP contribution in [-0.4, -0.2) is 31.6 Å². The largest absolute Gasteiger partial charge is 0.545 e. The molecule has 0 fully saturated rings. The second kappa shape index (κ2) is 8.52. The van der Waals surface area contributed by atoms with E-state index in [0.717, 1.165) is 6.07 Å². The lowest BCUT2D eigenvalue weighted by molar-refractivity contribution is -0.254.